The Morgan fingerprint density at radius 1 is 1.30 bits per heavy atom. The highest BCUT2D eigenvalue weighted by Crippen LogP contribution is 2.26. The Bertz CT molecular complexity index is 602. The second kappa shape index (κ2) is 4.96. The predicted molar refractivity (Wildman–Crippen MR) is 76.1 cm³/mol. The minimum absolute atomic E-state index is 0.197. The number of aliphatic hydroxyl groups is 1. The molecule has 1 aromatic rings. The van der Waals surface area contributed by atoms with E-state index in [2.05, 4.69) is 5.32 Å². The molecule has 1 fully saturated rings. The third-order valence-corrected chi connectivity index (χ3v) is 4.09. The minimum Gasteiger partial charge on any atom is -0.372 e. The molecule has 0 spiro atoms. The summed E-state index contributed by atoms with van der Waals surface area (Å²) in [6, 6.07) is 6.85. The molecule has 2 unspecified atom stereocenters. The van der Waals surface area contributed by atoms with Gasteiger partial charge in [0.25, 0.3) is 5.91 Å². The lowest BCUT2D eigenvalue weighted by atomic mass is 9.95. The Hall–Kier alpha value is -1.79. The second-order valence-corrected chi connectivity index (χ2v) is 5.49. The first-order chi connectivity index (χ1) is 9.58. The van der Waals surface area contributed by atoms with E-state index in [0.717, 1.165) is 5.56 Å². The number of aliphatic hydroxyl groups excluding tert-OH is 1. The van der Waals surface area contributed by atoms with E-state index < -0.39 is 12.3 Å². The van der Waals surface area contributed by atoms with Gasteiger partial charge in [0.05, 0.1) is 11.0 Å². The Kier molecular flexibility index (Phi) is 3.27. The first kappa shape index (κ1) is 13.2. The molecular weight excluding hydrogens is 276 g/mol. The molecule has 2 atom stereocenters. The summed E-state index contributed by atoms with van der Waals surface area (Å²) in [6.45, 7) is 0. The Labute approximate surface area is 121 Å². The first-order valence-corrected chi connectivity index (χ1v) is 6.90. The third kappa shape index (κ3) is 2.10. The van der Waals surface area contributed by atoms with Crippen LogP contribution >= 0.6 is 12.2 Å². The molecule has 6 heteroatoms. The van der Waals surface area contributed by atoms with Crippen LogP contribution in [-0.4, -0.2) is 39.1 Å². The zero-order valence-corrected chi connectivity index (χ0v) is 11.5. The average molecular weight is 290 g/mol. The number of carbonyl (C=O) groups excluding carboxylic acids is 2. The van der Waals surface area contributed by atoms with Gasteiger partial charge in [-0.05, 0) is 18.1 Å². The molecule has 0 aliphatic carbocycles. The summed E-state index contributed by atoms with van der Waals surface area (Å²) < 4.78 is 0. The van der Waals surface area contributed by atoms with Crippen LogP contribution in [0.1, 0.15) is 28.8 Å². The number of amides is 2. The molecule has 3 rings (SSSR count). The lowest BCUT2D eigenvalue weighted by Gasteiger charge is -2.40. The lowest BCUT2D eigenvalue weighted by molar-refractivity contribution is -0.128. The summed E-state index contributed by atoms with van der Waals surface area (Å²) in [5.74, 6) is -0.401. The van der Waals surface area contributed by atoms with Crippen LogP contribution in [0.4, 0.5) is 0 Å². The Morgan fingerprint density at radius 2 is 2.05 bits per heavy atom. The molecule has 0 bridgehead atoms. The molecule has 0 saturated carbocycles. The first-order valence-electron chi connectivity index (χ1n) is 6.49. The molecule has 0 radical (unpaired) electrons. The number of rotatable bonds is 1. The Morgan fingerprint density at radius 3 is 2.80 bits per heavy atom. The highest BCUT2D eigenvalue weighted by atomic mass is 32.1. The van der Waals surface area contributed by atoms with Gasteiger partial charge in [0, 0.05) is 18.4 Å². The van der Waals surface area contributed by atoms with E-state index in [1.165, 1.54) is 4.90 Å². The number of fused-ring (bicyclic) bond motifs is 1. The standard InChI is InChI=1S/C14H14N2O3S/c17-11-6-5-10(13(18)15-11)16-12(20)7-8-3-1-2-4-9(8)14(16)19/h1-4,10,13,18H,5-7H2,(H,15,17). The molecule has 5 nitrogen and oxygen atoms in total. The number of nitrogens with one attached hydrogen (secondary N) is 1. The van der Waals surface area contributed by atoms with E-state index in [-0.39, 0.29) is 18.2 Å². The SMILES string of the molecule is O=C1CCC(N2C(=O)c3ccccc3CC2=S)C(O)N1. The van der Waals surface area contributed by atoms with Gasteiger partial charge in [0.1, 0.15) is 6.23 Å². The highest BCUT2D eigenvalue weighted by Gasteiger charge is 2.39. The maximum atomic E-state index is 12.6. The van der Waals surface area contributed by atoms with Crippen molar-refractivity contribution in [2.45, 2.75) is 31.5 Å². The zero-order chi connectivity index (χ0) is 14.3. The van der Waals surface area contributed by atoms with Crippen LogP contribution in [0.25, 0.3) is 0 Å². The van der Waals surface area contributed by atoms with Crippen molar-refractivity contribution >= 4 is 29.0 Å². The molecule has 104 valence electrons. The number of hydrogen-bond acceptors (Lipinski definition) is 4. The summed E-state index contributed by atoms with van der Waals surface area (Å²) in [5.41, 5.74) is 1.53. The van der Waals surface area contributed by atoms with Gasteiger partial charge in [0.2, 0.25) is 5.91 Å². The van der Waals surface area contributed by atoms with Gasteiger partial charge in [-0.2, -0.15) is 0 Å². The normalized spacial score (nSPS) is 26.2. The molecule has 1 saturated heterocycles. The van der Waals surface area contributed by atoms with E-state index in [1.807, 2.05) is 18.2 Å². The maximum absolute atomic E-state index is 12.6. The lowest BCUT2D eigenvalue weighted by Crippen LogP contribution is -2.59. The van der Waals surface area contributed by atoms with Crippen molar-refractivity contribution in [1.82, 2.24) is 10.2 Å². The third-order valence-electron chi connectivity index (χ3n) is 3.75. The van der Waals surface area contributed by atoms with Crippen molar-refractivity contribution in [2.75, 3.05) is 0 Å². The fourth-order valence-electron chi connectivity index (χ4n) is 2.75. The molecule has 1 aromatic carbocycles. The maximum Gasteiger partial charge on any atom is 0.259 e. The smallest absolute Gasteiger partial charge is 0.259 e. The summed E-state index contributed by atoms with van der Waals surface area (Å²) >= 11 is 5.32. The van der Waals surface area contributed by atoms with Gasteiger partial charge in [-0.25, -0.2) is 0 Å². The van der Waals surface area contributed by atoms with Gasteiger partial charge < -0.3 is 10.4 Å². The summed E-state index contributed by atoms with van der Waals surface area (Å²) in [7, 11) is 0. The number of benzene rings is 1. The summed E-state index contributed by atoms with van der Waals surface area (Å²) in [6.07, 6.45) is 0.147. The average Bonchev–Trinajstić information content (AvgIpc) is 2.41. The molecule has 2 aliphatic heterocycles. The number of nitrogens with zero attached hydrogens (tertiary/aromatic N) is 1. The number of piperidine rings is 1. The van der Waals surface area contributed by atoms with Gasteiger partial charge in [-0.3, -0.25) is 14.5 Å². The van der Waals surface area contributed by atoms with Crippen molar-refractivity contribution in [3.8, 4) is 0 Å². The molecule has 2 N–H and O–H groups in total. The Balaban J connectivity index is 1.93. The van der Waals surface area contributed by atoms with E-state index in [0.29, 0.717) is 23.4 Å². The van der Waals surface area contributed by atoms with E-state index in [9.17, 15) is 14.7 Å². The van der Waals surface area contributed by atoms with E-state index >= 15 is 0 Å². The quantitative estimate of drug-likeness (QED) is 0.744. The minimum atomic E-state index is -1.07. The zero-order valence-electron chi connectivity index (χ0n) is 10.7. The van der Waals surface area contributed by atoms with Crippen molar-refractivity contribution in [1.29, 1.82) is 0 Å². The largest absolute Gasteiger partial charge is 0.372 e. The van der Waals surface area contributed by atoms with Gasteiger partial charge in [-0.1, -0.05) is 30.4 Å². The van der Waals surface area contributed by atoms with Gasteiger partial charge in [-0.15, -0.1) is 0 Å². The second-order valence-electron chi connectivity index (χ2n) is 5.02. The fraction of sp³-hybridized carbons (Fsp3) is 0.357. The number of thiocarbonyl (C=S) groups is 1. The van der Waals surface area contributed by atoms with Gasteiger partial charge in [0.15, 0.2) is 0 Å². The van der Waals surface area contributed by atoms with Crippen LogP contribution in [0.5, 0.6) is 0 Å². The van der Waals surface area contributed by atoms with E-state index in [4.69, 9.17) is 12.2 Å². The van der Waals surface area contributed by atoms with Crippen molar-refractivity contribution < 1.29 is 14.7 Å². The van der Waals surface area contributed by atoms with Crippen molar-refractivity contribution in [3.05, 3.63) is 35.4 Å². The van der Waals surface area contributed by atoms with Crippen LogP contribution in [0.3, 0.4) is 0 Å². The molecular formula is C14H14N2O3S. The van der Waals surface area contributed by atoms with Crippen LogP contribution in [0.15, 0.2) is 24.3 Å². The van der Waals surface area contributed by atoms with Crippen molar-refractivity contribution in [3.63, 3.8) is 0 Å². The highest BCUT2D eigenvalue weighted by molar-refractivity contribution is 7.80. The summed E-state index contributed by atoms with van der Waals surface area (Å²) in [5, 5.41) is 12.4. The molecule has 20 heavy (non-hydrogen) atoms. The van der Waals surface area contributed by atoms with Crippen LogP contribution < -0.4 is 5.32 Å². The number of hydrogen-bond donors (Lipinski definition) is 2. The number of carbonyl (C=O) groups is 2. The topological polar surface area (TPSA) is 69.6 Å². The molecule has 2 amide bonds. The summed E-state index contributed by atoms with van der Waals surface area (Å²) in [4.78, 5) is 25.8. The van der Waals surface area contributed by atoms with E-state index in [1.54, 1.807) is 6.07 Å². The van der Waals surface area contributed by atoms with Crippen LogP contribution in [-0.2, 0) is 11.2 Å². The monoisotopic (exact) mass is 290 g/mol. The predicted octanol–water partition coefficient (Wildman–Crippen LogP) is 0.609. The van der Waals surface area contributed by atoms with Crippen molar-refractivity contribution in [2.24, 2.45) is 0 Å². The molecule has 2 heterocycles. The van der Waals surface area contributed by atoms with Gasteiger partial charge >= 0.3 is 0 Å². The molecule has 2 aliphatic rings. The molecule has 0 aromatic heterocycles. The van der Waals surface area contributed by atoms with Crippen LogP contribution in [0.2, 0.25) is 0 Å². The fourth-order valence-corrected chi connectivity index (χ4v) is 3.12. The van der Waals surface area contributed by atoms with Crippen LogP contribution in [0, 0.1) is 0 Å².